The molecular weight excluding hydrogens is 257 g/mol. The zero-order chi connectivity index (χ0) is 14.0. The number of rotatable bonds is 5. The van der Waals surface area contributed by atoms with Crippen LogP contribution in [0.25, 0.3) is 0 Å². The Balaban J connectivity index is 2.26. The molecule has 3 nitrogen and oxygen atoms in total. The molecule has 0 spiro atoms. The molecule has 1 aromatic rings. The number of hydrazine groups is 1. The fourth-order valence-electron chi connectivity index (χ4n) is 2.37. The van der Waals surface area contributed by atoms with E-state index < -0.39 is 6.36 Å². The van der Waals surface area contributed by atoms with Crippen LogP contribution in [0.1, 0.15) is 31.4 Å². The molecule has 1 fully saturated rings. The maximum Gasteiger partial charge on any atom is 0.573 e. The molecule has 0 amide bonds. The molecule has 0 aliphatic heterocycles. The van der Waals surface area contributed by atoms with Gasteiger partial charge in [-0.1, -0.05) is 25.1 Å². The second-order valence-electron chi connectivity index (χ2n) is 4.93. The average molecular weight is 274 g/mol. The van der Waals surface area contributed by atoms with Crippen molar-refractivity contribution in [1.82, 2.24) is 5.43 Å². The monoisotopic (exact) mass is 274 g/mol. The Hall–Kier alpha value is -1.27. The van der Waals surface area contributed by atoms with E-state index in [1.165, 1.54) is 12.1 Å². The van der Waals surface area contributed by atoms with Crippen LogP contribution in [-0.4, -0.2) is 6.36 Å². The highest BCUT2D eigenvalue weighted by Crippen LogP contribution is 2.44. The van der Waals surface area contributed by atoms with Crippen LogP contribution < -0.4 is 16.0 Å². The Kier molecular flexibility index (Phi) is 4.01. The molecule has 1 aromatic carbocycles. The van der Waals surface area contributed by atoms with Crippen molar-refractivity contribution in [3.05, 3.63) is 29.8 Å². The van der Waals surface area contributed by atoms with Crippen LogP contribution in [0.3, 0.4) is 0 Å². The van der Waals surface area contributed by atoms with Gasteiger partial charge in [0, 0.05) is 5.56 Å². The van der Waals surface area contributed by atoms with Crippen molar-refractivity contribution in [3.8, 4) is 5.75 Å². The zero-order valence-electron chi connectivity index (χ0n) is 10.6. The minimum atomic E-state index is -4.70. The summed E-state index contributed by atoms with van der Waals surface area (Å²) in [5.74, 6) is 6.01. The molecule has 2 unspecified atom stereocenters. The minimum absolute atomic E-state index is 0.169. The number of alkyl halides is 3. The van der Waals surface area contributed by atoms with E-state index in [0.717, 1.165) is 12.8 Å². The van der Waals surface area contributed by atoms with Gasteiger partial charge in [0.15, 0.2) is 0 Å². The van der Waals surface area contributed by atoms with Crippen LogP contribution in [-0.2, 0) is 0 Å². The predicted octanol–water partition coefficient (Wildman–Crippen LogP) is 3.14. The molecule has 0 saturated heterocycles. The number of hydrogen-bond donors (Lipinski definition) is 2. The minimum Gasteiger partial charge on any atom is -0.405 e. The van der Waals surface area contributed by atoms with Gasteiger partial charge in [-0.05, 0) is 30.7 Å². The van der Waals surface area contributed by atoms with Gasteiger partial charge in [0.2, 0.25) is 0 Å². The summed E-state index contributed by atoms with van der Waals surface area (Å²) in [5.41, 5.74) is 3.06. The van der Waals surface area contributed by atoms with Gasteiger partial charge in [0.1, 0.15) is 5.75 Å². The average Bonchev–Trinajstić information content (AvgIpc) is 3.14. The molecule has 3 N–H and O–H groups in total. The van der Waals surface area contributed by atoms with E-state index in [9.17, 15) is 13.2 Å². The van der Waals surface area contributed by atoms with Crippen LogP contribution in [0.15, 0.2) is 24.3 Å². The van der Waals surface area contributed by atoms with Crippen molar-refractivity contribution in [2.75, 3.05) is 0 Å². The summed E-state index contributed by atoms with van der Waals surface area (Å²) in [6.07, 6.45) is -2.50. The predicted molar refractivity (Wildman–Crippen MR) is 65.1 cm³/mol. The lowest BCUT2D eigenvalue weighted by Crippen LogP contribution is -2.34. The molecule has 6 heteroatoms. The molecule has 19 heavy (non-hydrogen) atoms. The fraction of sp³-hybridized carbons (Fsp3) is 0.538. The Morgan fingerprint density at radius 3 is 2.47 bits per heavy atom. The zero-order valence-corrected chi connectivity index (χ0v) is 10.6. The molecule has 2 rings (SSSR count). The van der Waals surface area contributed by atoms with Gasteiger partial charge >= 0.3 is 6.36 Å². The second-order valence-corrected chi connectivity index (χ2v) is 4.93. The summed E-state index contributed by atoms with van der Waals surface area (Å²) >= 11 is 0. The summed E-state index contributed by atoms with van der Waals surface area (Å²) < 4.78 is 41.2. The van der Waals surface area contributed by atoms with Crippen molar-refractivity contribution >= 4 is 0 Å². The first-order valence-corrected chi connectivity index (χ1v) is 6.23. The van der Waals surface area contributed by atoms with Crippen molar-refractivity contribution in [2.24, 2.45) is 17.7 Å². The SMILES string of the molecule is CC(C1CC1)C(NN)c1ccccc1OC(F)(F)F. The van der Waals surface area contributed by atoms with Crippen LogP contribution in [0.5, 0.6) is 5.75 Å². The molecular formula is C13H17F3N2O. The summed E-state index contributed by atoms with van der Waals surface area (Å²) in [7, 11) is 0. The van der Waals surface area contributed by atoms with E-state index in [4.69, 9.17) is 5.84 Å². The summed E-state index contributed by atoms with van der Waals surface area (Å²) in [5, 5.41) is 0. The van der Waals surface area contributed by atoms with Crippen molar-refractivity contribution in [1.29, 1.82) is 0 Å². The van der Waals surface area contributed by atoms with Crippen LogP contribution in [0, 0.1) is 11.8 Å². The van der Waals surface area contributed by atoms with Crippen LogP contribution in [0.4, 0.5) is 13.2 Å². The number of ether oxygens (including phenoxy) is 1. The Labute approximate surface area is 109 Å². The third kappa shape index (κ3) is 3.61. The molecule has 0 bridgehead atoms. The number of halogens is 3. The first-order chi connectivity index (χ1) is 8.92. The smallest absolute Gasteiger partial charge is 0.405 e. The number of nitrogens with one attached hydrogen (secondary N) is 1. The van der Waals surface area contributed by atoms with E-state index >= 15 is 0 Å². The van der Waals surface area contributed by atoms with E-state index in [0.29, 0.717) is 11.5 Å². The highest BCUT2D eigenvalue weighted by molar-refractivity contribution is 5.36. The highest BCUT2D eigenvalue weighted by atomic mass is 19.4. The summed E-state index contributed by atoms with van der Waals surface area (Å²) in [6, 6.07) is 5.78. The van der Waals surface area contributed by atoms with Gasteiger partial charge in [-0.2, -0.15) is 0 Å². The van der Waals surface area contributed by atoms with Crippen LogP contribution in [0.2, 0.25) is 0 Å². The maximum absolute atomic E-state index is 12.4. The quantitative estimate of drug-likeness (QED) is 0.640. The van der Waals surface area contributed by atoms with E-state index in [1.807, 2.05) is 6.92 Å². The van der Waals surface area contributed by atoms with Crippen molar-refractivity contribution < 1.29 is 17.9 Å². The summed E-state index contributed by atoms with van der Waals surface area (Å²) in [6.45, 7) is 1.99. The van der Waals surface area contributed by atoms with Gasteiger partial charge in [0.05, 0.1) is 6.04 Å². The summed E-state index contributed by atoms with van der Waals surface area (Å²) in [4.78, 5) is 0. The number of para-hydroxylation sites is 1. The topological polar surface area (TPSA) is 47.3 Å². The third-order valence-electron chi connectivity index (χ3n) is 3.55. The molecule has 0 heterocycles. The third-order valence-corrected chi connectivity index (χ3v) is 3.55. The number of nitrogens with two attached hydrogens (primary N) is 1. The van der Waals surface area contributed by atoms with Gasteiger partial charge in [-0.3, -0.25) is 11.3 Å². The first-order valence-electron chi connectivity index (χ1n) is 6.23. The Bertz CT molecular complexity index is 432. The molecule has 2 atom stereocenters. The van der Waals surface area contributed by atoms with Gasteiger partial charge in [0.25, 0.3) is 0 Å². The Morgan fingerprint density at radius 1 is 1.32 bits per heavy atom. The lowest BCUT2D eigenvalue weighted by molar-refractivity contribution is -0.275. The largest absolute Gasteiger partial charge is 0.573 e. The molecule has 0 aromatic heterocycles. The number of benzene rings is 1. The van der Waals surface area contributed by atoms with E-state index in [2.05, 4.69) is 10.2 Å². The fourth-order valence-corrected chi connectivity index (χ4v) is 2.37. The normalized spacial score (nSPS) is 19.0. The molecule has 1 aliphatic rings. The number of hydrogen-bond acceptors (Lipinski definition) is 3. The highest BCUT2D eigenvalue weighted by Gasteiger charge is 2.37. The van der Waals surface area contributed by atoms with Crippen molar-refractivity contribution in [3.63, 3.8) is 0 Å². The lowest BCUT2D eigenvalue weighted by Gasteiger charge is -2.25. The van der Waals surface area contributed by atoms with Crippen molar-refractivity contribution in [2.45, 2.75) is 32.2 Å². The molecule has 106 valence electrons. The van der Waals surface area contributed by atoms with Gasteiger partial charge < -0.3 is 4.74 Å². The second kappa shape index (κ2) is 5.38. The maximum atomic E-state index is 12.4. The molecule has 0 radical (unpaired) electrons. The Morgan fingerprint density at radius 2 is 1.95 bits per heavy atom. The van der Waals surface area contributed by atoms with Gasteiger partial charge in [-0.15, -0.1) is 13.2 Å². The van der Waals surface area contributed by atoms with E-state index in [-0.39, 0.29) is 17.7 Å². The van der Waals surface area contributed by atoms with E-state index in [1.54, 1.807) is 12.1 Å². The van der Waals surface area contributed by atoms with Gasteiger partial charge in [-0.25, -0.2) is 0 Å². The van der Waals surface area contributed by atoms with Crippen LogP contribution >= 0.6 is 0 Å². The first kappa shape index (κ1) is 14.1. The lowest BCUT2D eigenvalue weighted by atomic mass is 9.90. The molecule has 1 saturated carbocycles. The molecule has 1 aliphatic carbocycles. The standard InChI is InChI=1S/C13H17F3N2O/c1-8(9-6-7-9)12(18-17)10-4-2-3-5-11(10)19-13(14,15)16/h2-5,8-9,12,18H,6-7,17H2,1H3.